The molecule has 1 aromatic carbocycles. The lowest BCUT2D eigenvalue weighted by atomic mass is 10.2. The maximum Gasteiger partial charge on any atom is 0.211 e. The molecule has 0 aromatic heterocycles. The topological polar surface area (TPSA) is 58.2 Å². The Balaban J connectivity index is 2.26. The molecule has 0 heterocycles. The van der Waals surface area contributed by atoms with Crippen LogP contribution in [0.1, 0.15) is 37.8 Å². The summed E-state index contributed by atoms with van der Waals surface area (Å²) in [4.78, 5) is 0. The van der Waals surface area contributed by atoms with Crippen LogP contribution in [0.4, 0.5) is 0 Å². The van der Waals surface area contributed by atoms with Gasteiger partial charge in [-0.3, -0.25) is 0 Å². The van der Waals surface area contributed by atoms with Crippen LogP contribution in [0, 0.1) is 6.92 Å². The monoisotopic (exact) mass is 298 g/mol. The van der Waals surface area contributed by atoms with Gasteiger partial charge >= 0.3 is 0 Å². The Labute approximate surface area is 123 Å². The Morgan fingerprint density at radius 1 is 1.10 bits per heavy atom. The van der Waals surface area contributed by atoms with Gasteiger partial charge in [-0.2, -0.15) is 0 Å². The second-order valence-corrected chi connectivity index (χ2v) is 7.37. The van der Waals surface area contributed by atoms with Crippen molar-refractivity contribution in [2.24, 2.45) is 0 Å². The summed E-state index contributed by atoms with van der Waals surface area (Å²) < 4.78 is 26.3. The van der Waals surface area contributed by atoms with E-state index in [0.29, 0.717) is 19.0 Å². The Bertz CT molecular complexity index is 481. The summed E-state index contributed by atoms with van der Waals surface area (Å²) in [6.45, 7) is 7.41. The molecular weight excluding hydrogens is 272 g/mol. The van der Waals surface area contributed by atoms with Crippen molar-refractivity contribution < 1.29 is 8.42 Å². The molecule has 0 aliphatic heterocycles. The minimum atomic E-state index is -3.17. The first-order valence-corrected chi connectivity index (χ1v) is 8.80. The molecule has 0 saturated carbocycles. The second kappa shape index (κ2) is 8.39. The van der Waals surface area contributed by atoms with Gasteiger partial charge in [-0.15, -0.1) is 0 Å². The van der Waals surface area contributed by atoms with Crippen molar-refractivity contribution in [2.75, 3.05) is 12.3 Å². The lowest BCUT2D eigenvalue weighted by Crippen LogP contribution is -2.27. The van der Waals surface area contributed by atoms with Crippen LogP contribution in [0.3, 0.4) is 0 Å². The number of hydrogen-bond donors (Lipinski definition) is 2. The van der Waals surface area contributed by atoms with Gasteiger partial charge in [0.05, 0.1) is 5.75 Å². The zero-order chi connectivity index (χ0) is 15.0. The maximum absolute atomic E-state index is 11.8. The number of aryl methyl sites for hydroxylation is 1. The Hall–Kier alpha value is -0.910. The van der Waals surface area contributed by atoms with Gasteiger partial charge in [0.15, 0.2) is 0 Å². The van der Waals surface area contributed by atoms with E-state index in [2.05, 4.69) is 23.9 Å². The zero-order valence-electron chi connectivity index (χ0n) is 12.6. The number of nitrogens with one attached hydrogen (secondary N) is 2. The average Bonchev–Trinajstić information content (AvgIpc) is 2.37. The summed E-state index contributed by atoms with van der Waals surface area (Å²) in [6.07, 6.45) is 1.56. The molecule has 1 rings (SSSR count). The Kier molecular flexibility index (Phi) is 7.19. The standard InChI is InChI=1S/C15H26N2O2S/c1-13(2)16-10-4-5-11-20(18,19)17-12-15-8-6-14(3)7-9-15/h6-9,13,16-17H,4-5,10-12H2,1-3H3. The average molecular weight is 298 g/mol. The number of hydrogen-bond acceptors (Lipinski definition) is 3. The molecule has 0 atom stereocenters. The first-order chi connectivity index (χ1) is 9.39. The highest BCUT2D eigenvalue weighted by Crippen LogP contribution is 2.04. The van der Waals surface area contributed by atoms with Crippen LogP contribution in [-0.4, -0.2) is 26.8 Å². The fourth-order valence-corrected chi connectivity index (χ4v) is 2.89. The van der Waals surface area contributed by atoms with E-state index in [1.54, 1.807) is 0 Å². The van der Waals surface area contributed by atoms with Crippen molar-refractivity contribution in [3.8, 4) is 0 Å². The van der Waals surface area contributed by atoms with E-state index in [0.717, 1.165) is 18.5 Å². The number of benzene rings is 1. The first-order valence-electron chi connectivity index (χ1n) is 7.15. The van der Waals surface area contributed by atoms with Gasteiger partial charge in [-0.1, -0.05) is 43.7 Å². The number of rotatable bonds is 9. The van der Waals surface area contributed by atoms with E-state index in [4.69, 9.17) is 0 Å². The highest BCUT2D eigenvalue weighted by atomic mass is 32.2. The minimum absolute atomic E-state index is 0.193. The van der Waals surface area contributed by atoms with Gasteiger partial charge in [0.2, 0.25) is 10.0 Å². The minimum Gasteiger partial charge on any atom is -0.315 e. The van der Waals surface area contributed by atoms with Gasteiger partial charge in [0.25, 0.3) is 0 Å². The molecule has 20 heavy (non-hydrogen) atoms. The van der Waals surface area contributed by atoms with E-state index >= 15 is 0 Å². The molecule has 114 valence electrons. The molecule has 0 aliphatic carbocycles. The van der Waals surface area contributed by atoms with Crippen molar-refractivity contribution in [3.63, 3.8) is 0 Å². The van der Waals surface area contributed by atoms with E-state index in [9.17, 15) is 8.42 Å². The van der Waals surface area contributed by atoms with Gasteiger partial charge in [0, 0.05) is 12.6 Å². The molecule has 1 aromatic rings. The lowest BCUT2D eigenvalue weighted by molar-refractivity contribution is 0.555. The molecule has 0 radical (unpaired) electrons. The molecule has 4 nitrogen and oxygen atoms in total. The third-order valence-electron chi connectivity index (χ3n) is 3.01. The van der Waals surface area contributed by atoms with Crippen molar-refractivity contribution in [3.05, 3.63) is 35.4 Å². The highest BCUT2D eigenvalue weighted by Gasteiger charge is 2.09. The fraction of sp³-hybridized carbons (Fsp3) is 0.600. The predicted octanol–water partition coefficient (Wildman–Crippen LogP) is 2.19. The van der Waals surface area contributed by atoms with Crippen LogP contribution < -0.4 is 10.0 Å². The largest absolute Gasteiger partial charge is 0.315 e. The molecule has 0 amide bonds. The van der Waals surface area contributed by atoms with Crippen LogP contribution >= 0.6 is 0 Å². The SMILES string of the molecule is Cc1ccc(CNS(=O)(=O)CCCCNC(C)C)cc1. The summed E-state index contributed by atoms with van der Waals surface area (Å²) in [5.41, 5.74) is 2.16. The normalized spacial score (nSPS) is 12.0. The summed E-state index contributed by atoms with van der Waals surface area (Å²) in [6, 6.07) is 8.32. The summed E-state index contributed by atoms with van der Waals surface area (Å²) in [7, 11) is -3.17. The summed E-state index contributed by atoms with van der Waals surface area (Å²) in [5.74, 6) is 0.193. The molecule has 5 heteroatoms. The smallest absolute Gasteiger partial charge is 0.211 e. The van der Waals surface area contributed by atoms with Crippen molar-refractivity contribution in [1.82, 2.24) is 10.0 Å². The van der Waals surface area contributed by atoms with Crippen molar-refractivity contribution in [2.45, 2.75) is 46.2 Å². The third kappa shape index (κ3) is 7.62. The van der Waals surface area contributed by atoms with Gasteiger partial charge in [0.1, 0.15) is 0 Å². The molecule has 0 fully saturated rings. The summed E-state index contributed by atoms with van der Waals surface area (Å²) >= 11 is 0. The van der Waals surface area contributed by atoms with Gasteiger partial charge in [-0.25, -0.2) is 13.1 Å². The van der Waals surface area contributed by atoms with E-state index in [1.807, 2.05) is 31.2 Å². The van der Waals surface area contributed by atoms with Crippen LogP contribution in [0.5, 0.6) is 0 Å². The van der Waals surface area contributed by atoms with E-state index < -0.39 is 10.0 Å². The molecule has 0 bridgehead atoms. The van der Waals surface area contributed by atoms with Crippen molar-refractivity contribution >= 4 is 10.0 Å². The molecule has 0 saturated heterocycles. The van der Waals surface area contributed by atoms with Gasteiger partial charge < -0.3 is 5.32 Å². The Morgan fingerprint density at radius 3 is 2.35 bits per heavy atom. The fourth-order valence-electron chi connectivity index (χ4n) is 1.78. The summed E-state index contributed by atoms with van der Waals surface area (Å²) in [5, 5.41) is 3.28. The first kappa shape index (κ1) is 17.1. The number of sulfonamides is 1. The van der Waals surface area contributed by atoms with Crippen molar-refractivity contribution in [1.29, 1.82) is 0 Å². The van der Waals surface area contributed by atoms with Crippen LogP contribution in [0.15, 0.2) is 24.3 Å². The lowest BCUT2D eigenvalue weighted by Gasteiger charge is -2.09. The molecule has 0 aliphatic rings. The van der Waals surface area contributed by atoms with Gasteiger partial charge in [-0.05, 0) is 31.9 Å². The highest BCUT2D eigenvalue weighted by molar-refractivity contribution is 7.89. The van der Waals surface area contributed by atoms with E-state index in [-0.39, 0.29) is 5.75 Å². The molecular formula is C15H26N2O2S. The predicted molar refractivity (Wildman–Crippen MR) is 84.2 cm³/mol. The van der Waals surface area contributed by atoms with E-state index in [1.165, 1.54) is 5.56 Å². The van der Waals surface area contributed by atoms with Crippen LogP contribution in [0.25, 0.3) is 0 Å². The quantitative estimate of drug-likeness (QED) is 0.687. The third-order valence-corrected chi connectivity index (χ3v) is 4.42. The molecule has 0 unspecified atom stereocenters. The molecule has 2 N–H and O–H groups in total. The molecule has 0 spiro atoms. The zero-order valence-corrected chi connectivity index (χ0v) is 13.5. The number of unbranched alkanes of at least 4 members (excludes halogenated alkanes) is 1. The second-order valence-electron chi connectivity index (χ2n) is 5.44. The van der Waals surface area contributed by atoms with Crippen LogP contribution in [0.2, 0.25) is 0 Å². The maximum atomic E-state index is 11.8. The van der Waals surface area contributed by atoms with Crippen LogP contribution in [-0.2, 0) is 16.6 Å². The Morgan fingerprint density at radius 2 is 1.75 bits per heavy atom.